The van der Waals surface area contributed by atoms with Crippen molar-refractivity contribution in [3.8, 4) is 33.4 Å². The molecule has 1 spiro atoms. The molecule has 1 atom stereocenters. The smallest absolute Gasteiger partial charge is 0.0725 e. The van der Waals surface area contributed by atoms with E-state index in [0.29, 0.717) is 11.4 Å². The molecule has 0 aromatic heterocycles. The lowest BCUT2D eigenvalue weighted by molar-refractivity contribution is 0.661. The Morgan fingerprint density at radius 1 is 0.350 bits per heavy atom. The van der Waals surface area contributed by atoms with Crippen LogP contribution < -0.4 is 9.80 Å². The van der Waals surface area contributed by atoms with Gasteiger partial charge in [0.25, 0.3) is 0 Å². The number of fused-ring (bicyclic) bond motifs is 13. The summed E-state index contributed by atoms with van der Waals surface area (Å²) in [6, 6.07) is 64.9. The lowest BCUT2D eigenvalue weighted by atomic mass is 9.70. The van der Waals surface area contributed by atoms with Crippen LogP contribution >= 0.6 is 0 Å². The second-order valence-corrected chi connectivity index (χ2v) is 16.5. The van der Waals surface area contributed by atoms with E-state index in [1.165, 1.54) is 50.1 Å². The first kappa shape index (κ1) is 29.7. The average Bonchev–Trinajstić information content (AvgIpc) is 3.90. The summed E-state index contributed by atoms with van der Waals surface area (Å²) in [5, 5.41) is 0. The van der Waals surface area contributed by atoms with E-state index in [4.69, 9.17) is 6.85 Å². The Kier molecular flexibility index (Phi) is 6.47. The fraction of sp³-hybridized carbons (Fsp3) is 0.0690. The van der Waals surface area contributed by atoms with Crippen LogP contribution in [0.1, 0.15) is 54.1 Å². The third-order valence-corrected chi connectivity index (χ3v) is 13.1. The van der Waals surface area contributed by atoms with Crippen LogP contribution in [0.15, 0.2) is 218 Å². The summed E-state index contributed by atoms with van der Waals surface area (Å²) in [6.07, 6.45) is 0. The normalized spacial score (nSPS) is 16.9. The summed E-state index contributed by atoms with van der Waals surface area (Å²) >= 11 is 0. The van der Waals surface area contributed by atoms with Crippen LogP contribution in [0.5, 0.6) is 0 Å². The molecule has 12 rings (SSSR count). The number of anilines is 6. The van der Waals surface area contributed by atoms with Gasteiger partial charge in [-0.25, -0.2) is 0 Å². The molecule has 3 aliphatic rings. The lowest BCUT2D eigenvalue weighted by Gasteiger charge is -2.33. The van der Waals surface area contributed by atoms with Gasteiger partial charge in [0.1, 0.15) is 0 Å². The standard InChI is InChI=1S/C58H42N2/c1-57(2)50-29-15-12-25-44(50)47-28-18-32-55(56(47)57)60(41-23-10-5-11-24-41)43-34-36-54-49(38-43)46-27-14-17-31-52(46)58(54)51-30-16-13-26-45(51)48-37-42(33-35-53(48)58)59(39-19-6-3-7-20-39)40-21-8-4-9-22-40/h3-38H,1-2H3/i3D,6D,7D,19D,20D. The molecule has 2 nitrogen and oxygen atoms in total. The highest BCUT2D eigenvalue weighted by Crippen LogP contribution is 2.64. The number of nitrogens with zero attached hydrogens (tertiary/aromatic N) is 2. The Balaban J connectivity index is 1.08. The van der Waals surface area contributed by atoms with Crippen molar-refractivity contribution in [3.05, 3.63) is 252 Å². The molecule has 0 fully saturated rings. The molecule has 0 heterocycles. The van der Waals surface area contributed by atoms with E-state index in [2.05, 4.69) is 170 Å². The molecule has 0 amide bonds. The van der Waals surface area contributed by atoms with E-state index in [-0.39, 0.29) is 35.3 Å². The number of rotatable bonds is 6. The molecule has 9 aromatic rings. The van der Waals surface area contributed by atoms with Gasteiger partial charge in [-0.15, -0.1) is 0 Å². The van der Waals surface area contributed by atoms with E-state index < -0.39 is 11.5 Å². The Bertz CT molecular complexity index is 3410. The summed E-state index contributed by atoms with van der Waals surface area (Å²) in [5.74, 6) is 0. The van der Waals surface area contributed by atoms with Crippen LogP contribution in [0.4, 0.5) is 34.1 Å². The molecule has 1 unspecified atom stereocenters. The zero-order valence-corrected chi connectivity index (χ0v) is 33.3. The molecular formula is C58H42N2. The summed E-state index contributed by atoms with van der Waals surface area (Å²) in [5.41, 5.74) is 18.3. The van der Waals surface area contributed by atoms with Gasteiger partial charge < -0.3 is 9.80 Å². The van der Waals surface area contributed by atoms with Crippen LogP contribution in [0.25, 0.3) is 33.4 Å². The molecule has 0 N–H and O–H groups in total. The highest BCUT2D eigenvalue weighted by Gasteiger charge is 2.52. The summed E-state index contributed by atoms with van der Waals surface area (Å²) in [4.78, 5) is 4.23. The van der Waals surface area contributed by atoms with E-state index in [1.807, 2.05) is 36.4 Å². The fourth-order valence-corrected chi connectivity index (χ4v) is 10.8. The Labute approximate surface area is 359 Å². The van der Waals surface area contributed by atoms with E-state index in [1.54, 1.807) is 4.90 Å². The van der Waals surface area contributed by atoms with Gasteiger partial charge >= 0.3 is 0 Å². The molecule has 2 heteroatoms. The molecule has 0 saturated heterocycles. The van der Waals surface area contributed by atoms with Crippen molar-refractivity contribution < 1.29 is 6.85 Å². The molecule has 284 valence electrons. The zero-order valence-electron chi connectivity index (χ0n) is 38.3. The highest BCUT2D eigenvalue weighted by molar-refractivity contribution is 5.98. The highest BCUT2D eigenvalue weighted by atomic mass is 15.2. The van der Waals surface area contributed by atoms with Crippen LogP contribution in [-0.2, 0) is 10.8 Å². The molecule has 0 aliphatic heterocycles. The summed E-state index contributed by atoms with van der Waals surface area (Å²) in [7, 11) is 0. The second kappa shape index (κ2) is 13.0. The minimum absolute atomic E-state index is 0.103. The van der Waals surface area contributed by atoms with Crippen LogP contribution in [0.3, 0.4) is 0 Å². The number of benzene rings is 9. The minimum atomic E-state index is -0.640. The van der Waals surface area contributed by atoms with Crippen molar-refractivity contribution in [2.45, 2.75) is 24.7 Å². The van der Waals surface area contributed by atoms with Gasteiger partial charge in [0.15, 0.2) is 0 Å². The SMILES string of the molecule is [2H]c1c([2H])c([2H])c(N(c2ccccc2)c2ccc3c(c2)-c2ccccc2C32c3ccccc3-c3cc(N(c4ccccc4)c4cccc5c4C(C)(C)c4ccccc4-5)ccc32)c([2H])c1[2H]. The number of hydrogen-bond acceptors (Lipinski definition) is 2. The molecule has 60 heavy (non-hydrogen) atoms. The molecular weight excluding hydrogens is 725 g/mol. The molecule has 3 aliphatic carbocycles. The van der Waals surface area contributed by atoms with Gasteiger partial charge in [0, 0.05) is 33.9 Å². The quantitative estimate of drug-likeness (QED) is 0.166. The molecule has 0 bridgehead atoms. The summed E-state index contributed by atoms with van der Waals surface area (Å²) < 4.78 is 43.7. The zero-order chi connectivity index (χ0) is 44.4. The molecule has 9 aromatic carbocycles. The Morgan fingerprint density at radius 3 is 1.38 bits per heavy atom. The maximum Gasteiger partial charge on any atom is 0.0725 e. The minimum Gasteiger partial charge on any atom is -0.310 e. The molecule has 0 radical (unpaired) electrons. The number of para-hydroxylation sites is 3. The maximum atomic E-state index is 9.05. The monoisotopic (exact) mass is 771 g/mol. The van der Waals surface area contributed by atoms with Crippen LogP contribution in [0.2, 0.25) is 0 Å². The van der Waals surface area contributed by atoms with Crippen molar-refractivity contribution in [2.24, 2.45) is 0 Å². The largest absolute Gasteiger partial charge is 0.310 e. The average molecular weight is 772 g/mol. The third-order valence-electron chi connectivity index (χ3n) is 13.1. The van der Waals surface area contributed by atoms with Gasteiger partial charge in [-0.3, -0.25) is 0 Å². The van der Waals surface area contributed by atoms with E-state index >= 15 is 0 Å². The molecule has 0 saturated carbocycles. The Hall–Kier alpha value is -7.42. The second-order valence-electron chi connectivity index (χ2n) is 16.5. The maximum absolute atomic E-state index is 9.05. The van der Waals surface area contributed by atoms with Gasteiger partial charge in [-0.2, -0.15) is 0 Å². The van der Waals surface area contributed by atoms with Crippen molar-refractivity contribution in [1.82, 2.24) is 0 Å². The van der Waals surface area contributed by atoms with Crippen LogP contribution in [0, 0.1) is 0 Å². The fourth-order valence-electron chi connectivity index (χ4n) is 10.8. The summed E-state index contributed by atoms with van der Waals surface area (Å²) in [6.45, 7) is 4.69. The van der Waals surface area contributed by atoms with Crippen molar-refractivity contribution in [1.29, 1.82) is 0 Å². The van der Waals surface area contributed by atoms with E-state index in [0.717, 1.165) is 33.8 Å². The Morgan fingerprint density at radius 2 is 0.800 bits per heavy atom. The van der Waals surface area contributed by atoms with Crippen molar-refractivity contribution in [3.63, 3.8) is 0 Å². The third kappa shape index (κ3) is 4.76. The lowest BCUT2D eigenvalue weighted by Crippen LogP contribution is -2.26. The number of hydrogen-bond donors (Lipinski definition) is 0. The van der Waals surface area contributed by atoms with Gasteiger partial charge in [0.05, 0.1) is 18.0 Å². The topological polar surface area (TPSA) is 6.48 Å². The van der Waals surface area contributed by atoms with Crippen molar-refractivity contribution in [2.75, 3.05) is 9.80 Å². The van der Waals surface area contributed by atoms with Gasteiger partial charge in [0.2, 0.25) is 0 Å². The van der Waals surface area contributed by atoms with Crippen LogP contribution in [-0.4, -0.2) is 0 Å². The van der Waals surface area contributed by atoms with Gasteiger partial charge in [-0.05, 0) is 133 Å². The first-order valence-corrected chi connectivity index (χ1v) is 20.6. The van der Waals surface area contributed by atoms with Gasteiger partial charge in [-0.1, -0.05) is 165 Å². The van der Waals surface area contributed by atoms with E-state index in [9.17, 15) is 0 Å². The van der Waals surface area contributed by atoms with Crippen molar-refractivity contribution >= 4 is 34.1 Å². The first-order chi connectivity index (χ1) is 31.6. The predicted molar refractivity (Wildman–Crippen MR) is 250 cm³/mol. The predicted octanol–water partition coefficient (Wildman–Crippen LogP) is 15.3. The first-order valence-electron chi connectivity index (χ1n) is 23.1.